The van der Waals surface area contributed by atoms with Crippen LogP contribution in [0, 0.1) is 0 Å². The van der Waals surface area contributed by atoms with Crippen LogP contribution in [0.25, 0.3) is 0 Å². The molecule has 1 aliphatic carbocycles. The van der Waals surface area contributed by atoms with Crippen LogP contribution in [0.5, 0.6) is 0 Å². The Bertz CT molecular complexity index is 625. The Morgan fingerprint density at radius 2 is 2.10 bits per heavy atom. The first-order chi connectivity index (χ1) is 9.45. The Hall–Kier alpha value is -1.48. The van der Waals surface area contributed by atoms with Gasteiger partial charge in [0.05, 0.1) is 6.10 Å². The zero-order valence-electron chi connectivity index (χ0n) is 10.6. The Morgan fingerprint density at radius 3 is 2.70 bits per heavy atom. The number of hydrogen-bond acceptors (Lipinski definition) is 6. The Morgan fingerprint density at radius 1 is 1.35 bits per heavy atom. The number of ether oxygens (including phenoxy) is 1. The molecule has 1 saturated carbocycles. The molecule has 2 fully saturated rings. The second-order valence-electron chi connectivity index (χ2n) is 5.32. The molecule has 8 heteroatoms. The fraction of sp³-hybridized carbons (Fsp3) is 0.667. The zero-order valence-corrected chi connectivity index (χ0v) is 10.6. The lowest BCUT2D eigenvalue weighted by Crippen LogP contribution is -2.48. The van der Waals surface area contributed by atoms with Gasteiger partial charge < -0.3 is 20.1 Å². The number of aliphatic hydroxyl groups excluding tert-OH is 3. The maximum atomic E-state index is 11.7. The van der Waals surface area contributed by atoms with E-state index in [1.165, 1.54) is 6.20 Å². The molecule has 3 rings (SSSR count). The molecule has 1 saturated heterocycles. The summed E-state index contributed by atoms with van der Waals surface area (Å²) in [6, 6.07) is 1.12. The first kappa shape index (κ1) is 13.5. The average molecular weight is 284 g/mol. The molecule has 110 valence electrons. The molecule has 0 bridgehead atoms. The highest BCUT2D eigenvalue weighted by Crippen LogP contribution is 2.46. The maximum Gasteiger partial charge on any atom is 0.330 e. The van der Waals surface area contributed by atoms with Gasteiger partial charge in [-0.25, -0.2) is 4.79 Å². The first-order valence-electron chi connectivity index (χ1n) is 6.49. The normalized spacial score (nSPS) is 40.5. The summed E-state index contributed by atoms with van der Waals surface area (Å²) in [5, 5.41) is 30.3. The average Bonchev–Trinajstić information content (AvgIpc) is 2.88. The number of aromatic nitrogens is 2. The summed E-state index contributed by atoms with van der Waals surface area (Å²) in [7, 11) is 0. The molecular formula is C12H16N2O6. The molecule has 0 aromatic carbocycles. The molecule has 0 radical (unpaired) electrons. The summed E-state index contributed by atoms with van der Waals surface area (Å²) in [6.07, 6.45) is -1.94. The van der Waals surface area contributed by atoms with Gasteiger partial charge in [0.2, 0.25) is 0 Å². The van der Waals surface area contributed by atoms with Crippen LogP contribution in [-0.2, 0) is 4.74 Å². The van der Waals surface area contributed by atoms with Gasteiger partial charge in [0.25, 0.3) is 5.56 Å². The lowest BCUT2D eigenvalue weighted by Gasteiger charge is -2.30. The quantitative estimate of drug-likeness (QED) is 0.476. The van der Waals surface area contributed by atoms with E-state index >= 15 is 0 Å². The van der Waals surface area contributed by atoms with Crippen LogP contribution in [0.4, 0.5) is 0 Å². The van der Waals surface area contributed by atoms with E-state index in [1.807, 2.05) is 0 Å². The van der Waals surface area contributed by atoms with Gasteiger partial charge in [0.15, 0.2) is 6.23 Å². The monoisotopic (exact) mass is 284 g/mol. The van der Waals surface area contributed by atoms with Crippen molar-refractivity contribution >= 4 is 0 Å². The van der Waals surface area contributed by atoms with Crippen LogP contribution in [-0.4, -0.2) is 48.8 Å². The van der Waals surface area contributed by atoms with E-state index in [0.717, 1.165) is 10.6 Å². The molecule has 2 heterocycles. The molecule has 1 aromatic rings. The van der Waals surface area contributed by atoms with Gasteiger partial charge in [0, 0.05) is 12.3 Å². The number of aromatic amines is 1. The maximum absolute atomic E-state index is 11.7. The van der Waals surface area contributed by atoms with Gasteiger partial charge in [-0.05, 0) is 19.3 Å². The van der Waals surface area contributed by atoms with Crippen LogP contribution >= 0.6 is 0 Å². The summed E-state index contributed by atoms with van der Waals surface area (Å²) >= 11 is 0. The summed E-state index contributed by atoms with van der Waals surface area (Å²) in [4.78, 5) is 24.8. The molecule has 1 aliphatic heterocycles. The highest BCUT2D eigenvalue weighted by atomic mass is 16.6. The molecule has 1 aromatic heterocycles. The summed E-state index contributed by atoms with van der Waals surface area (Å²) in [5.41, 5.74) is -2.55. The minimum atomic E-state index is -1.36. The second kappa shape index (κ2) is 4.52. The summed E-state index contributed by atoms with van der Waals surface area (Å²) in [6.45, 7) is 0. The highest BCUT2D eigenvalue weighted by molar-refractivity contribution is 5.08. The fourth-order valence-electron chi connectivity index (χ4n) is 3.12. The number of H-pyrrole nitrogens is 1. The summed E-state index contributed by atoms with van der Waals surface area (Å²) in [5.74, 6) is 0. The van der Waals surface area contributed by atoms with Crippen molar-refractivity contribution in [1.82, 2.24) is 9.55 Å². The largest absolute Gasteiger partial charge is 0.390 e. The molecule has 1 spiro atoms. The molecule has 20 heavy (non-hydrogen) atoms. The lowest BCUT2D eigenvalue weighted by molar-refractivity contribution is -0.149. The number of nitrogens with one attached hydrogen (secondary N) is 1. The number of rotatable bonds is 1. The van der Waals surface area contributed by atoms with Gasteiger partial charge in [-0.2, -0.15) is 0 Å². The van der Waals surface area contributed by atoms with Crippen molar-refractivity contribution in [3.8, 4) is 0 Å². The third-order valence-electron chi connectivity index (χ3n) is 4.19. The lowest BCUT2D eigenvalue weighted by atomic mass is 9.91. The topological polar surface area (TPSA) is 125 Å². The van der Waals surface area contributed by atoms with E-state index in [0.29, 0.717) is 19.3 Å². The molecule has 2 aliphatic rings. The van der Waals surface area contributed by atoms with Crippen LogP contribution in [0.1, 0.15) is 25.5 Å². The van der Waals surface area contributed by atoms with Gasteiger partial charge >= 0.3 is 5.69 Å². The minimum absolute atomic E-state index is 0.404. The molecule has 8 nitrogen and oxygen atoms in total. The van der Waals surface area contributed by atoms with Crippen molar-refractivity contribution in [2.45, 2.75) is 49.4 Å². The van der Waals surface area contributed by atoms with Gasteiger partial charge in [-0.15, -0.1) is 0 Å². The Labute approximate surface area is 113 Å². The minimum Gasteiger partial charge on any atom is -0.390 e. The molecule has 4 N–H and O–H groups in total. The van der Waals surface area contributed by atoms with E-state index in [1.54, 1.807) is 0 Å². The third-order valence-corrected chi connectivity index (χ3v) is 4.19. The van der Waals surface area contributed by atoms with Crippen LogP contribution in [0.2, 0.25) is 0 Å². The fourth-order valence-corrected chi connectivity index (χ4v) is 3.12. The van der Waals surface area contributed by atoms with Gasteiger partial charge in [-0.3, -0.25) is 14.3 Å². The highest BCUT2D eigenvalue weighted by Gasteiger charge is 2.60. The van der Waals surface area contributed by atoms with E-state index in [2.05, 4.69) is 4.98 Å². The van der Waals surface area contributed by atoms with E-state index in [-0.39, 0.29) is 0 Å². The molecular weight excluding hydrogens is 268 g/mol. The van der Waals surface area contributed by atoms with Crippen molar-refractivity contribution in [3.63, 3.8) is 0 Å². The van der Waals surface area contributed by atoms with E-state index in [4.69, 9.17) is 4.74 Å². The zero-order chi connectivity index (χ0) is 14.5. The first-order valence-corrected chi connectivity index (χ1v) is 6.49. The molecule has 5 atom stereocenters. The van der Waals surface area contributed by atoms with Gasteiger partial charge in [0.1, 0.15) is 17.8 Å². The van der Waals surface area contributed by atoms with Gasteiger partial charge in [-0.1, -0.05) is 0 Å². The Balaban J connectivity index is 2.00. The van der Waals surface area contributed by atoms with Crippen LogP contribution in [0.3, 0.4) is 0 Å². The standard InChI is InChI=1S/C12H16N2O6/c15-6-2-1-4-12(6)9(18)8(17)10(20-12)14-5-3-7(16)13-11(14)19/h3,5-6,8-10,15,17-18H,1-2,4H2,(H,13,16,19)/t6-,8+,9+,10+,12+/m0/s1. The SMILES string of the molecule is O=c1ccn([C@@H]2O[C@@]3(CCC[C@@H]3O)[C@H](O)[C@H]2O)c(=O)[nH]1. The van der Waals surface area contributed by atoms with Crippen molar-refractivity contribution < 1.29 is 20.1 Å². The predicted molar refractivity (Wildman–Crippen MR) is 66.0 cm³/mol. The molecule has 0 amide bonds. The second-order valence-corrected chi connectivity index (χ2v) is 5.32. The van der Waals surface area contributed by atoms with Crippen molar-refractivity contribution in [2.75, 3.05) is 0 Å². The van der Waals surface area contributed by atoms with Crippen molar-refractivity contribution in [2.24, 2.45) is 0 Å². The molecule has 0 unspecified atom stereocenters. The number of aliphatic hydroxyl groups is 3. The smallest absolute Gasteiger partial charge is 0.330 e. The predicted octanol–water partition coefficient (Wildman–Crippen LogP) is -1.93. The number of nitrogens with zero attached hydrogens (tertiary/aromatic N) is 1. The van der Waals surface area contributed by atoms with Crippen LogP contribution in [0.15, 0.2) is 21.9 Å². The van der Waals surface area contributed by atoms with E-state index < -0.39 is 41.4 Å². The third kappa shape index (κ3) is 1.76. The number of hydrogen-bond donors (Lipinski definition) is 4. The van der Waals surface area contributed by atoms with Crippen LogP contribution < -0.4 is 11.2 Å². The van der Waals surface area contributed by atoms with Crippen molar-refractivity contribution in [3.05, 3.63) is 33.1 Å². The van der Waals surface area contributed by atoms with E-state index in [9.17, 15) is 24.9 Å². The summed E-state index contributed by atoms with van der Waals surface area (Å²) < 4.78 is 6.65. The van der Waals surface area contributed by atoms with Crippen molar-refractivity contribution in [1.29, 1.82) is 0 Å². The Kier molecular flexibility index (Phi) is 3.05.